The Labute approximate surface area is 125 Å². The van der Waals surface area contributed by atoms with Gasteiger partial charge in [0.05, 0.1) is 6.54 Å². The van der Waals surface area contributed by atoms with Crippen LogP contribution in [0.1, 0.15) is 30.3 Å². The zero-order valence-electron chi connectivity index (χ0n) is 12.8. The van der Waals surface area contributed by atoms with Crippen molar-refractivity contribution < 1.29 is 0 Å². The molecule has 0 saturated carbocycles. The van der Waals surface area contributed by atoms with Crippen molar-refractivity contribution in [1.29, 1.82) is 0 Å². The molecule has 2 aromatic rings. The van der Waals surface area contributed by atoms with E-state index in [4.69, 9.17) is 5.73 Å². The second kappa shape index (κ2) is 5.85. The average Bonchev–Trinajstić information content (AvgIpc) is 2.96. The van der Waals surface area contributed by atoms with Gasteiger partial charge in [-0.05, 0) is 43.0 Å². The molecule has 0 radical (unpaired) electrons. The predicted molar refractivity (Wildman–Crippen MR) is 84.2 cm³/mol. The van der Waals surface area contributed by atoms with Crippen LogP contribution < -0.4 is 10.6 Å². The van der Waals surface area contributed by atoms with Crippen LogP contribution >= 0.6 is 0 Å². The molecule has 1 aromatic carbocycles. The van der Waals surface area contributed by atoms with Crippen LogP contribution in [0, 0.1) is 6.92 Å². The molecule has 2 heterocycles. The summed E-state index contributed by atoms with van der Waals surface area (Å²) >= 11 is 0. The Balaban J connectivity index is 1.77. The first-order valence-corrected chi connectivity index (χ1v) is 7.64. The van der Waals surface area contributed by atoms with E-state index in [0.717, 1.165) is 38.3 Å². The normalized spacial score (nSPS) is 15.9. The van der Waals surface area contributed by atoms with E-state index in [1.54, 1.807) is 0 Å². The summed E-state index contributed by atoms with van der Waals surface area (Å²) in [5.74, 6) is 1.04. The third-order valence-corrected chi connectivity index (χ3v) is 4.34. The molecule has 21 heavy (non-hydrogen) atoms. The minimum atomic E-state index is 0.253. The number of nitrogens with zero attached hydrogens (tertiary/aromatic N) is 4. The second-order valence-electron chi connectivity index (χ2n) is 5.85. The molecule has 2 N–H and O–H groups in total. The molecule has 0 amide bonds. The first-order valence-electron chi connectivity index (χ1n) is 7.64. The summed E-state index contributed by atoms with van der Waals surface area (Å²) < 4.78 is 2.12. The van der Waals surface area contributed by atoms with Gasteiger partial charge in [0.1, 0.15) is 6.33 Å². The lowest BCUT2D eigenvalue weighted by atomic mass is 9.99. The summed E-state index contributed by atoms with van der Waals surface area (Å²) in [7, 11) is 0. The van der Waals surface area contributed by atoms with Gasteiger partial charge in [0, 0.05) is 24.8 Å². The number of nitrogens with two attached hydrogens (primary N) is 1. The highest BCUT2D eigenvalue weighted by molar-refractivity contribution is 5.51. The van der Waals surface area contributed by atoms with Crippen LogP contribution in [0.2, 0.25) is 0 Å². The summed E-state index contributed by atoms with van der Waals surface area (Å²) in [6, 6.07) is 6.95. The number of benzene rings is 1. The fourth-order valence-electron chi connectivity index (χ4n) is 2.82. The molecule has 0 aliphatic carbocycles. The minimum absolute atomic E-state index is 0.253. The van der Waals surface area contributed by atoms with Crippen LogP contribution in [0.25, 0.3) is 0 Å². The summed E-state index contributed by atoms with van der Waals surface area (Å²) in [6.45, 7) is 7.08. The maximum absolute atomic E-state index is 6.07. The van der Waals surface area contributed by atoms with Gasteiger partial charge in [-0.1, -0.05) is 13.0 Å². The van der Waals surface area contributed by atoms with Gasteiger partial charge in [0.15, 0.2) is 5.82 Å². The smallest absolute Gasteiger partial charge is 0.152 e. The fraction of sp³-hybridized carbons (Fsp3) is 0.500. The van der Waals surface area contributed by atoms with Gasteiger partial charge in [0.2, 0.25) is 0 Å². The van der Waals surface area contributed by atoms with Crippen LogP contribution in [0.5, 0.6) is 0 Å². The lowest BCUT2D eigenvalue weighted by Crippen LogP contribution is -2.33. The number of hydrogen-bond acceptors (Lipinski definition) is 4. The summed E-state index contributed by atoms with van der Waals surface area (Å²) in [4.78, 5) is 2.36. The van der Waals surface area contributed by atoms with E-state index in [1.165, 1.54) is 16.8 Å². The van der Waals surface area contributed by atoms with Crippen molar-refractivity contribution in [3.8, 4) is 0 Å². The highest BCUT2D eigenvalue weighted by Crippen LogP contribution is 2.23. The van der Waals surface area contributed by atoms with Crippen molar-refractivity contribution in [2.45, 2.75) is 45.8 Å². The van der Waals surface area contributed by atoms with Crippen molar-refractivity contribution >= 4 is 5.69 Å². The van der Waals surface area contributed by atoms with Crippen LogP contribution in [-0.2, 0) is 19.5 Å². The molecule has 0 fully saturated rings. The second-order valence-corrected chi connectivity index (χ2v) is 5.85. The predicted octanol–water partition coefficient (Wildman–Crippen LogP) is 1.89. The van der Waals surface area contributed by atoms with Crippen molar-refractivity contribution in [3.63, 3.8) is 0 Å². The van der Waals surface area contributed by atoms with Gasteiger partial charge in [-0.25, -0.2) is 0 Å². The zero-order valence-corrected chi connectivity index (χ0v) is 12.8. The molecule has 0 saturated heterocycles. The lowest BCUT2D eigenvalue weighted by Gasteiger charge is -2.29. The number of aromatic nitrogens is 3. The van der Waals surface area contributed by atoms with E-state index in [1.807, 2.05) is 6.33 Å². The molecule has 1 aliphatic heterocycles. The molecule has 5 nitrogen and oxygen atoms in total. The molecule has 0 spiro atoms. The average molecular weight is 285 g/mol. The van der Waals surface area contributed by atoms with Crippen molar-refractivity contribution in [2.75, 3.05) is 11.4 Å². The number of anilines is 1. The van der Waals surface area contributed by atoms with Gasteiger partial charge < -0.3 is 15.2 Å². The Kier molecular flexibility index (Phi) is 3.92. The summed E-state index contributed by atoms with van der Waals surface area (Å²) in [6.07, 6.45) is 3.78. The number of hydrogen-bond donors (Lipinski definition) is 1. The molecule has 3 rings (SSSR count). The van der Waals surface area contributed by atoms with Crippen molar-refractivity contribution in [3.05, 3.63) is 41.5 Å². The molecule has 0 bridgehead atoms. The first-order chi connectivity index (χ1) is 10.2. The maximum atomic E-state index is 6.07. The molecule has 1 atom stereocenters. The Morgan fingerprint density at radius 3 is 2.95 bits per heavy atom. The summed E-state index contributed by atoms with van der Waals surface area (Å²) in [5, 5.41) is 8.16. The van der Waals surface area contributed by atoms with Crippen LogP contribution in [0.15, 0.2) is 24.5 Å². The molecule has 5 heteroatoms. The highest BCUT2D eigenvalue weighted by atomic mass is 15.3. The van der Waals surface area contributed by atoms with Gasteiger partial charge in [0.25, 0.3) is 0 Å². The standard InChI is InChI=1S/C16H23N5/c1-3-14(17)9-13-4-5-15(8-12(13)2)20-6-7-21-11-18-19-16(21)10-20/h4-5,8,11,14H,3,6-7,9-10,17H2,1-2H3. The highest BCUT2D eigenvalue weighted by Gasteiger charge is 2.18. The minimum Gasteiger partial charge on any atom is -0.362 e. The molecule has 112 valence electrons. The molecule has 1 aliphatic rings. The Bertz CT molecular complexity index is 619. The van der Waals surface area contributed by atoms with E-state index in [2.05, 4.69) is 51.7 Å². The van der Waals surface area contributed by atoms with Gasteiger partial charge in [-0.15, -0.1) is 10.2 Å². The van der Waals surface area contributed by atoms with Gasteiger partial charge in [-0.2, -0.15) is 0 Å². The van der Waals surface area contributed by atoms with E-state index < -0.39 is 0 Å². The Hall–Kier alpha value is -1.88. The van der Waals surface area contributed by atoms with E-state index in [0.29, 0.717) is 0 Å². The van der Waals surface area contributed by atoms with E-state index in [-0.39, 0.29) is 6.04 Å². The number of rotatable bonds is 4. The third kappa shape index (κ3) is 2.93. The third-order valence-electron chi connectivity index (χ3n) is 4.34. The maximum Gasteiger partial charge on any atom is 0.152 e. The van der Waals surface area contributed by atoms with E-state index >= 15 is 0 Å². The van der Waals surface area contributed by atoms with Crippen LogP contribution in [-0.4, -0.2) is 27.4 Å². The quantitative estimate of drug-likeness (QED) is 0.932. The molecule has 1 aromatic heterocycles. The Morgan fingerprint density at radius 1 is 1.33 bits per heavy atom. The topological polar surface area (TPSA) is 60.0 Å². The van der Waals surface area contributed by atoms with Crippen LogP contribution in [0.4, 0.5) is 5.69 Å². The number of aryl methyl sites for hydroxylation is 1. The summed E-state index contributed by atoms with van der Waals surface area (Å²) in [5.41, 5.74) is 10.0. The van der Waals surface area contributed by atoms with Gasteiger partial charge in [-0.3, -0.25) is 0 Å². The zero-order chi connectivity index (χ0) is 14.8. The van der Waals surface area contributed by atoms with Crippen molar-refractivity contribution in [2.24, 2.45) is 5.73 Å². The Morgan fingerprint density at radius 2 is 2.19 bits per heavy atom. The SMILES string of the molecule is CCC(N)Cc1ccc(N2CCn3cnnc3C2)cc1C. The molecular formula is C16H23N5. The monoisotopic (exact) mass is 285 g/mol. The lowest BCUT2D eigenvalue weighted by molar-refractivity contribution is 0.560. The largest absolute Gasteiger partial charge is 0.362 e. The molecule has 1 unspecified atom stereocenters. The molecular weight excluding hydrogens is 262 g/mol. The fourth-order valence-corrected chi connectivity index (χ4v) is 2.82. The van der Waals surface area contributed by atoms with Crippen LogP contribution in [0.3, 0.4) is 0 Å². The van der Waals surface area contributed by atoms with Gasteiger partial charge >= 0.3 is 0 Å². The number of fused-ring (bicyclic) bond motifs is 1. The first kappa shape index (κ1) is 14.1. The van der Waals surface area contributed by atoms with E-state index in [9.17, 15) is 0 Å². The van der Waals surface area contributed by atoms with Crippen molar-refractivity contribution in [1.82, 2.24) is 14.8 Å².